The number of halogens is 2. The minimum absolute atomic E-state index is 0.0426. The van der Waals surface area contributed by atoms with Crippen molar-refractivity contribution in [1.29, 1.82) is 0 Å². The smallest absolute Gasteiger partial charge is 0.254 e. The number of nitrogens with one attached hydrogen (secondary N) is 1. The summed E-state index contributed by atoms with van der Waals surface area (Å²) in [5, 5.41) is 3.65. The fraction of sp³-hybridized carbons (Fsp3) is 0.500. The van der Waals surface area contributed by atoms with E-state index < -0.39 is 5.82 Å². The third kappa shape index (κ3) is 3.55. The topological polar surface area (TPSA) is 29.1 Å². The van der Waals surface area contributed by atoms with Gasteiger partial charge in [0.05, 0.1) is 5.56 Å². The van der Waals surface area contributed by atoms with Crippen LogP contribution in [0.3, 0.4) is 0 Å². The number of carbonyl (C=O) groups is 1. The van der Waals surface area contributed by atoms with Crippen LogP contribution in [0.5, 0.6) is 0 Å². The predicted octanol–water partition coefficient (Wildman–Crippen LogP) is 3.76. The fourth-order valence-electron chi connectivity index (χ4n) is 1.74. The van der Waals surface area contributed by atoms with Gasteiger partial charge in [0.15, 0.2) is 0 Å². The third-order valence-corrected chi connectivity index (χ3v) is 4.72. The van der Waals surface area contributed by atoms with Gasteiger partial charge in [0.1, 0.15) is 5.82 Å². The lowest BCUT2D eigenvalue weighted by molar-refractivity contribution is 0.0928. The van der Waals surface area contributed by atoms with Crippen molar-refractivity contribution in [3.63, 3.8) is 0 Å². The number of carbonyl (C=O) groups excluding carboxylic acids is 1. The molecule has 0 aliphatic heterocycles. The zero-order chi connectivity index (χ0) is 13.6. The first-order chi connectivity index (χ1) is 8.58. The molecule has 0 radical (unpaired) electrons. The molecule has 0 fully saturated rings. The summed E-state index contributed by atoms with van der Waals surface area (Å²) in [7, 11) is 0. The Morgan fingerprint density at radius 1 is 1.33 bits per heavy atom. The molecule has 0 saturated heterocycles. The number of hydrogen-bond acceptors (Lipinski definition) is 1. The molecule has 0 unspecified atom stereocenters. The predicted molar refractivity (Wildman–Crippen MR) is 75.5 cm³/mol. The van der Waals surface area contributed by atoms with E-state index in [2.05, 4.69) is 35.1 Å². The Morgan fingerprint density at radius 3 is 2.44 bits per heavy atom. The molecule has 1 rings (SSSR count). The van der Waals surface area contributed by atoms with Crippen molar-refractivity contribution < 1.29 is 9.18 Å². The lowest BCUT2D eigenvalue weighted by Gasteiger charge is -2.29. The van der Waals surface area contributed by atoms with Gasteiger partial charge in [-0.25, -0.2) is 4.39 Å². The first-order valence-corrected chi connectivity index (χ1v) is 7.29. The van der Waals surface area contributed by atoms with Crippen LogP contribution in [0.1, 0.15) is 37.0 Å². The van der Waals surface area contributed by atoms with Crippen molar-refractivity contribution in [3.05, 3.63) is 35.6 Å². The van der Waals surface area contributed by atoms with Gasteiger partial charge in [-0.2, -0.15) is 0 Å². The van der Waals surface area contributed by atoms with Gasteiger partial charge >= 0.3 is 0 Å². The average Bonchev–Trinajstić information content (AvgIpc) is 2.41. The van der Waals surface area contributed by atoms with Crippen molar-refractivity contribution in [2.75, 3.05) is 11.9 Å². The van der Waals surface area contributed by atoms with E-state index in [1.165, 1.54) is 12.1 Å². The molecule has 1 amide bonds. The number of alkyl halides is 1. The third-order valence-electron chi connectivity index (χ3n) is 3.53. The standard InChI is InChI=1S/C14H19BrFNO/c1-3-14(4-2,9-15)10-17-13(18)11-7-5-6-8-12(11)16/h5-8H,3-4,9-10H2,1-2H3,(H,17,18). The summed E-state index contributed by atoms with van der Waals surface area (Å²) in [5.74, 6) is -0.826. The minimum atomic E-state index is -0.479. The highest BCUT2D eigenvalue weighted by Crippen LogP contribution is 2.27. The first kappa shape index (κ1) is 15.2. The average molecular weight is 316 g/mol. The van der Waals surface area contributed by atoms with Crippen molar-refractivity contribution in [2.45, 2.75) is 26.7 Å². The van der Waals surface area contributed by atoms with Gasteiger partial charge in [-0.15, -0.1) is 0 Å². The monoisotopic (exact) mass is 315 g/mol. The summed E-state index contributed by atoms with van der Waals surface area (Å²) in [6.45, 7) is 4.75. The highest BCUT2D eigenvalue weighted by molar-refractivity contribution is 9.09. The second kappa shape index (κ2) is 6.88. The molecule has 4 heteroatoms. The van der Waals surface area contributed by atoms with E-state index in [9.17, 15) is 9.18 Å². The van der Waals surface area contributed by atoms with E-state index in [0.29, 0.717) is 6.54 Å². The molecule has 0 saturated carbocycles. The molecular formula is C14H19BrFNO. The maximum atomic E-state index is 13.4. The molecule has 0 heterocycles. The molecule has 0 spiro atoms. The van der Waals surface area contributed by atoms with Gasteiger partial charge < -0.3 is 5.32 Å². The van der Waals surface area contributed by atoms with Gasteiger partial charge in [0, 0.05) is 11.9 Å². The minimum Gasteiger partial charge on any atom is -0.351 e. The highest BCUT2D eigenvalue weighted by Gasteiger charge is 2.25. The molecule has 18 heavy (non-hydrogen) atoms. The molecule has 2 nitrogen and oxygen atoms in total. The quantitative estimate of drug-likeness (QED) is 0.796. The van der Waals surface area contributed by atoms with E-state index in [1.807, 2.05) is 0 Å². The van der Waals surface area contributed by atoms with Crippen LogP contribution in [0, 0.1) is 11.2 Å². The molecule has 0 bridgehead atoms. The Labute approximate surface area is 116 Å². The second-order valence-corrected chi connectivity index (χ2v) is 5.06. The Hall–Kier alpha value is -0.900. The van der Waals surface area contributed by atoms with Crippen LogP contribution in [-0.4, -0.2) is 17.8 Å². The number of benzene rings is 1. The van der Waals surface area contributed by atoms with Crippen LogP contribution in [0.15, 0.2) is 24.3 Å². The largest absolute Gasteiger partial charge is 0.351 e. The van der Waals surface area contributed by atoms with Crippen LogP contribution >= 0.6 is 15.9 Å². The van der Waals surface area contributed by atoms with Crippen molar-refractivity contribution in [2.24, 2.45) is 5.41 Å². The van der Waals surface area contributed by atoms with Crippen molar-refractivity contribution in [1.82, 2.24) is 5.32 Å². The lowest BCUT2D eigenvalue weighted by Crippen LogP contribution is -2.38. The number of amides is 1. The van der Waals surface area contributed by atoms with Crippen molar-refractivity contribution >= 4 is 21.8 Å². The maximum Gasteiger partial charge on any atom is 0.254 e. The van der Waals surface area contributed by atoms with E-state index >= 15 is 0 Å². The maximum absolute atomic E-state index is 13.4. The van der Waals surface area contributed by atoms with E-state index in [1.54, 1.807) is 12.1 Å². The van der Waals surface area contributed by atoms with E-state index in [0.717, 1.165) is 18.2 Å². The lowest BCUT2D eigenvalue weighted by atomic mass is 9.84. The highest BCUT2D eigenvalue weighted by atomic mass is 79.9. The Kier molecular flexibility index (Phi) is 5.79. The molecule has 0 aromatic heterocycles. The summed E-state index contributed by atoms with van der Waals surface area (Å²) in [6.07, 6.45) is 1.93. The molecule has 1 aromatic rings. The number of hydrogen-bond donors (Lipinski definition) is 1. The molecule has 0 aliphatic rings. The van der Waals surface area contributed by atoms with Crippen LogP contribution in [0.25, 0.3) is 0 Å². The zero-order valence-electron chi connectivity index (χ0n) is 10.8. The Balaban J connectivity index is 2.69. The summed E-state index contributed by atoms with van der Waals surface area (Å²) in [6, 6.07) is 6.03. The Bertz CT molecular complexity index is 396. The molecular weight excluding hydrogens is 297 g/mol. The molecule has 0 atom stereocenters. The van der Waals surface area contributed by atoms with Gasteiger partial charge in [-0.05, 0) is 30.4 Å². The van der Waals surface area contributed by atoms with Gasteiger partial charge in [0.25, 0.3) is 5.91 Å². The summed E-state index contributed by atoms with van der Waals surface area (Å²) in [4.78, 5) is 11.9. The van der Waals surface area contributed by atoms with Crippen LogP contribution in [0.4, 0.5) is 4.39 Å². The molecule has 100 valence electrons. The van der Waals surface area contributed by atoms with Gasteiger partial charge in [0.2, 0.25) is 0 Å². The fourth-order valence-corrected chi connectivity index (χ4v) is 2.74. The van der Waals surface area contributed by atoms with Crippen molar-refractivity contribution in [3.8, 4) is 0 Å². The normalized spacial score (nSPS) is 11.3. The second-order valence-electron chi connectivity index (χ2n) is 4.50. The molecule has 1 N–H and O–H groups in total. The van der Waals surface area contributed by atoms with Gasteiger partial charge in [-0.1, -0.05) is 41.9 Å². The first-order valence-electron chi connectivity index (χ1n) is 6.17. The van der Waals surface area contributed by atoms with Crippen LogP contribution in [0.2, 0.25) is 0 Å². The Morgan fingerprint density at radius 2 is 1.94 bits per heavy atom. The number of rotatable bonds is 6. The molecule has 1 aromatic carbocycles. The van der Waals surface area contributed by atoms with Crippen LogP contribution < -0.4 is 5.32 Å². The summed E-state index contributed by atoms with van der Waals surface area (Å²) < 4.78 is 13.4. The summed E-state index contributed by atoms with van der Waals surface area (Å²) in [5.41, 5.74) is 0.147. The van der Waals surface area contributed by atoms with E-state index in [-0.39, 0.29) is 16.9 Å². The summed E-state index contributed by atoms with van der Waals surface area (Å²) >= 11 is 3.49. The molecule has 0 aliphatic carbocycles. The van der Waals surface area contributed by atoms with E-state index in [4.69, 9.17) is 0 Å². The van der Waals surface area contributed by atoms with Crippen LogP contribution in [-0.2, 0) is 0 Å². The van der Waals surface area contributed by atoms with Gasteiger partial charge in [-0.3, -0.25) is 4.79 Å². The zero-order valence-corrected chi connectivity index (χ0v) is 12.4. The SMILES string of the molecule is CCC(CC)(CBr)CNC(=O)c1ccccc1F.